The van der Waals surface area contributed by atoms with Gasteiger partial charge < -0.3 is 18.8 Å². The van der Waals surface area contributed by atoms with Crippen molar-refractivity contribution in [2.75, 3.05) is 20.3 Å². The number of benzene rings is 1. The van der Waals surface area contributed by atoms with Crippen LogP contribution in [0.1, 0.15) is 25.0 Å². The maximum Gasteiger partial charge on any atom is 0.367 e. The molecule has 6 nitrogen and oxygen atoms in total. The summed E-state index contributed by atoms with van der Waals surface area (Å²) in [6.45, 7) is 3.88. The normalized spacial score (nSPS) is 13.7. The summed E-state index contributed by atoms with van der Waals surface area (Å²) in [5.74, 6) is 0.596. The van der Waals surface area contributed by atoms with E-state index in [0.29, 0.717) is 17.7 Å². The van der Waals surface area contributed by atoms with Crippen LogP contribution >= 0.6 is 7.60 Å². The van der Waals surface area contributed by atoms with E-state index < -0.39 is 13.2 Å². The summed E-state index contributed by atoms with van der Waals surface area (Å²) in [4.78, 5) is 15.5. The minimum absolute atomic E-state index is 0.140. The molecule has 124 valence electrons. The Hall–Kier alpha value is -1.62. The Morgan fingerprint density at radius 1 is 1.17 bits per heavy atom. The highest BCUT2D eigenvalue weighted by molar-refractivity contribution is 7.62. The van der Waals surface area contributed by atoms with E-state index in [1.54, 1.807) is 21.0 Å². The molecule has 0 radical (unpaired) electrons. The van der Waals surface area contributed by atoms with Gasteiger partial charge in [0.1, 0.15) is 11.1 Å². The second kappa shape index (κ2) is 6.11. The molecule has 0 fully saturated rings. The van der Waals surface area contributed by atoms with E-state index >= 15 is 0 Å². The molecule has 0 bridgehead atoms. The van der Waals surface area contributed by atoms with Gasteiger partial charge in [0.15, 0.2) is 0 Å². The number of methoxy groups -OCH3 is 1. The predicted molar refractivity (Wildman–Crippen MR) is 89.0 cm³/mol. The zero-order valence-corrected chi connectivity index (χ0v) is 14.4. The van der Waals surface area contributed by atoms with Crippen molar-refractivity contribution in [2.45, 2.75) is 26.7 Å². The van der Waals surface area contributed by atoms with Crippen molar-refractivity contribution in [3.63, 3.8) is 0 Å². The molecule has 0 aliphatic heterocycles. The maximum atomic E-state index is 13.1. The second-order valence-electron chi connectivity index (χ2n) is 5.29. The highest BCUT2D eigenvalue weighted by Gasteiger charge is 2.36. The summed E-state index contributed by atoms with van der Waals surface area (Å²) >= 11 is 0. The van der Waals surface area contributed by atoms with Gasteiger partial charge in [0.05, 0.1) is 25.8 Å². The molecule has 1 aliphatic rings. The number of aromatic nitrogens is 1. The number of pyridine rings is 1. The fourth-order valence-electron chi connectivity index (χ4n) is 3.20. The van der Waals surface area contributed by atoms with Gasteiger partial charge in [-0.1, -0.05) is 6.07 Å². The molecule has 3 rings (SSSR count). The molecule has 1 aromatic heterocycles. The summed E-state index contributed by atoms with van der Waals surface area (Å²) in [5.41, 5.74) is 2.07. The third-order valence-electron chi connectivity index (χ3n) is 4.03. The number of hydrogen-bond acceptors (Lipinski definition) is 5. The minimum atomic E-state index is -3.64. The molecule has 1 aromatic carbocycles. The van der Waals surface area contributed by atoms with E-state index in [1.807, 2.05) is 12.1 Å². The second-order valence-corrected chi connectivity index (χ2v) is 7.25. The fraction of sp³-hybridized carbons (Fsp3) is 0.438. The molecule has 0 saturated heterocycles. The van der Waals surface area contributed by atoms with Gasteiger partial charge in [-0.3, -0.25) is 9.36 Å². The van der Waals surface area contributed by atoms with Crippen LogP contribution in [0.4, 0.5) is 0 Å². The summed E-state index contributed by atoms with van der Waals surface area (Å²) in [5, 5.41) is 1.04. The Morgan fingerprint density at radius 2 is 1.87 bits per heavy atom. The Bertz CT molecular complexity index is 848. The van der Waals surface area contributed by atoms with Gasteiger partial charge in [-0.25, -0.2) is 0 Å². The van der Waals surface area contributed by atoms with Crippen LogP contribution in [0, 0.1) is 0 Å². The quantitative estimate of drug-likeness (QED) is 0.820. The number of aryl methyl sites for hydroxylation is 2. The molecular weight excluding hydrogens is 317 g/mol. The fourth-order valence-corrected chi connectivity index (χ4v) is 5.07. The van der Waals surface area contributed by atoms with Gasteiger partial charge in [0, 0.05) is 5.39 Å². The predicted octanol–water partition coefficient (Wildman–Crippen LogP) is 2.53. The number of ether oxygens (including phenoxy) is 1. The van der Waals surface area contributed by atoms with Crippen LogP contribution in [0.5, 0.6) is 5.75 Å². The van der Waals surface area contributed by atoms with E-state index in [1.165, 1.54) is 0 Å². The molecular formula is C16H20NO5P. The van der Waals surface area contributed by atoms with Gasteiger partial charge in [-0.05, 0) is 43.9 Å². The van der Waals surface area contributed by atoms with Gasteiger partial charge in [0.25, 0.3) is 5.56 Å². The third kappa shape index (κ3) is 2.51. The zero-order valence-electron chi connectivity index (χ0n) is 13.5. The number of aromatic amines is 1. The van der Waals surface area contributed by atoms with Crippen molar-refractivity contribution in [1.29, 1.82) is 0 Å². The molecule has 7 heteroatoms. The van der Waals surface area contributed by atoms with Crippen molar-refractivity contribution in [1.82, 2.24) is 4.98 Å². The molecule has 1 aliphatic carbocycles. The largest absolute Gasteiger partial charge is 0.495 e. The van der Waals surface area contributed by atoms with Crippen molar-refractivity contribution in [3.05, 3.63) is 33.6 Å². The smallest absolute Gasteiger partial charge is 0.367 e. The van der Waals surface area contributed by atoms with Crippen LogP contribution in [-0.2, 0) is 26.5 Å². The monoisotopic (exact) mass is 337 g/mol. The lowest BCUT2D eigenvalue weighted by Crippen LogP contribution is -2.32. The lowest BCUT2D eigenvalue weighted by Gasteiger charge is -2.19. The van der Waals surface area contributed by atoms with Crippen molar-refractivity contribution < 1.29 is 18.3 Å². The van der Waals surface area contributed by atoms with Crippen LogP contribution in [0.15, 0.2) is 16.9 Å². The zero-order chi connectivity index (χ0) is 16.6. The Balaban J connectivity index is 2.35. The van der Waals surface area contributed by atoms with Gasteiger partial charge in [-0.2, -0.15) is 0 Å². The van der Waals surface area contributed by atoms with Crippen molar-refractivity contribution in [3.8, 4) is 5.75 Å². The van der Waals surface area contributed by atoms with E-state index in [2.05, 4.69) is 4.98 Å². The van der Waals surface area contributed by atoms with E-state index in [4.69, 9.17) is 13.8 Å². The average molecular weight is 337 g/mol. The Labute approximate surface area is 134 Å². The van der Waals surface area contributed by atoms with Crippen LogP contribution in [0.25, 0.3) is 10.9 Å². The van der Waals surface area contributed by atoms with Crippen molar-refractivity contribution >= 4 is 23.8 Å². The highest BCUT2D eigenvalue weighted by Crippen LogP contribution is 2.48. The summed E-state index contributed by atoms with van der Waals surface area (Å²) in [7, 11) is -2.08. The summed E-state index contributed by atoms with van der Waals surface area (Å²) in [6.07, 6.45) is 1.43. The number of hydrogen-bond donors (Lipinski definition) is 1. The van der Waals surface area contributed by atoms with Crippen LogP contribution in [-0.4, -0.2) is 25.3 Å². The molecule has 0 atom stereocenters. The SMILES string of the molecule is CCOP(=O)(OCC)c1c2c3c(ccc(OC)c3[nH]c1=O)CC2. The van der Waals surface area contributed by atoms with Gasteiger partial charge >= 0.3 is 7.60 Å². The first-order chi connectivity index (χ1) is 11.1. The first-order valence-corrected chi connectivity index (χ1v) is 9.24. The first kappa shape index (κ1) is 16.2. The Morgan fingerprint density at radius 3 is 2.48 bits per heavy atom. The number of H-pyrrole nitrogens is 1. The Kier molecular flexibility index (Phi) is 4.32. The molecule has 0 unspecified atom stereocenters. The molecule has 1 heterocycles. The van der Waals surface area contributed by atoms with Gasteiger partial charge in [0.2, 0.25) is 0 Å². The average Bonchev–Trinajstić information content (AvgIpc) is 2.93. The highest BCUT2D eigenvalue weighted by atomic mass is 31.2. The number of rotatable bonds is 6. The molecule has 2 aromatic rings. The lowest BCUT2D eigenvalue weighted by atomic mass is 10.1. The van der Waals surface area contributed by atoms with Gasteiger partial charge in [-0.15, -0.1) is 0 Å². The van der Waals surface area contributed by atoms with Crippen molar-refractivity contribution in [2.24, 2.45) is 0 Å². The topological polar surface area (TPSA) is 77.6 Å². The lowest BCUT2D eigenvalue weighted by molar-refractivity contribution is 0.229. The molecule has 1 N–H and O–H groups in total. The first-order valence-electron chi connectivity index (χ1n) is 7.70. The molecule has 0 spiro atoms. The maximum absolute atomic E-state index is 13.1. The summed E-state index contributed by atoms with van der Waals surface area (Å²) < 4.78 is 29.3. The standard InChI is InChI=1S/C16H20NO5P/c1-4-21-23(19,22-5-2)15-11-8-6-10-7-9-12(20-3)14(13(10)11)17-16(15)18/h7,9H,4-6,8H2,1-3H3,(H,17,18). The van der Waals surface area contributed by atoms with Crippen LogP contribution in [0.2, 0.25) is 0 Å². The third-order valence-corrected chi connectivity index (χ3v) is 6.25. The van der Waals surface area contributed by atoms with Crippen LogP contribution < -0.4 is 15.6 Å². The minimum Gasteiger partial charge on any atom is -0.495 e. The number of nitrogens with one attached hydrogen (secondary N) is 1. The summed E-state index contributed by atoms with van der Waals surface area (Å²) in [6, 6.07) is 3.82. The molecule has 0 saturated carbocycles. The molecule has 0 amide bonds. The van der Waals surface area contributed by atoms with E-state index in [-0.39, 0.29) is 18.5 Å². The van der Waals surface area contributed by atoms with Crippen LogP contribution in [0.3, 0.4) is 0 Å². The van der Waals surface area contributed by atoms with E-state index in [0.717, 1.165) is 22.9 Å². The molecule has 23 heavy (non-hydrogen) atoms. The van der Waals surface area contributed by atoms with E-state index in [9.17, 15) is 9.36 Å².